The van der Waals surface area contributed by atoms with Gasteiger partial charge < -0.3 is 5.32 Å². The van der Waals surface area contributed by atoms with Gasteiger partial charge in [-0.25, -0.2) is 0 Å². The van der Waals surface area contributed by atoms with Crippen molar-refractivity contribution in [3.8, 4) is 11.1 Å². The summed E-state index contributed by atoms with van der Waals surface area (Å²) in [6, 6.07) is 7.82. The number of nitrogens with one attached hydrogen (secondary N) is 2. The number of anilines is 1. The van der Waals surface area contributed by atoms with Crippen molar-refractivity contribution in [2.45, 2.75) is 6.92 Å². The molecular formula is C12H15N3O. The van der Waals surface area contributed by atoms with Crippen molar-refractivity contribution in [2.24, 2.45) is 7.05 Å². The summed E-state index contributed by atoms with van der Waals surface area (Å²) in [5, 5.41) is 6.06. The minimum atomic E-state index is 0.00533. The molecule has 0 unspecified atom stereocenters. The molecule has 0 fully saturated rings. The van der Waals surface area contributed by atoms with E-state index in [4.69, 9.17) is 0 Å². The molecule has 0 atom stereocenters. The summed E-state index contributed by atoms with van der Waals surface area (Å²) < 4.78 is 1.50. The summed E-state index contributed by atoms with van der Waals surface area (Å²) in [5.74, 6) is 0. The number of benzene rings is 1. The van der Waals surface area contributed by atoms with Gasteiger partial charge in [-0.15, -0.1) is 0 Å². The van der Waals surface area contributed by atoms with Gasteiger partial charge in [0.1, 0.15) is 0 Å². The Kier molecular flexibility index (Phi) is 2.56. The number of hydrogen-bond acceptors (Lipinski definition) is 2. The van der Waals surface area contributed by atoms with Crippen molar-refractivity contribution in [1.82, 2.24) is 9.78 Å². The highest BCUT2D eigenvalue weighted by Crippen LogP contribution is 2.21. The number of rotatable bonds is 2. The molecule has 0 saturated heterocycles. The third-order valence-electron chi connectivity index (χ3n) is 2.67. The maximum absolute atomic E-state index is 11.9. The van der Waals surface area contributed by atoms with E-state index >= 15 is 0 Å². The topological polar surface area (TPSA) is 49.8 Å². The molecule has 0 bridgehead atoms. The van der Waals surface area contributed by atoms with E-state index in [1.54, 1.807) is 7.05 Å². The largest absolute Gasteiger partial charge is 0.388 e. The molecule has 1 aromatic carbocycles. The van der Waals surface area contributed by atoms with Gasteiger partial charge in [0.05, 0.1) is 5.56 Å². The quantitative estimate of drug-likeness (QED) is 0.804. The van der Waals surface area contributed by atoms with E-state index in [1.165, 1.54) is 4.68 Å². The lowest BCUT2D eigenvalue weighted by Crippen LogP contribution is -2.13. The molecule has 84 valence electrons. The van der Waals surface area contributed by atoms with Crippen LogP contribution in [0.15, 0.2) is 29.1 Å². The van der Waals surface area contributed by atoms with Crippen LogP contribution >= 0.6 is 0 Å². The monoisotopic (exact) mass is 217 g/mol. The highest BCUT2D eigenvalue weighted by molar-refractivity contribution is 5.69. The molecule has 4 heteroatoms. The van der Waals surface area contributed by atoms with Gasteiger partial charge in [-0.2, -0.15) is 0 Å². The Bertz CT molecular complexity index is 566. The predicted molar refractivity (Wildman–Crippen MR) is 65.8 cm³/mol. The Hall–Kier alpha value is -1.97. The van der Waals surface area contributed by atoms with E-state index < -0.39 is 0 Å². The standard InChI is InChI=1S/C12H15N3O/c1-8-11(12(16)15(3)14-8)9-5-4-6-10(7-9)13-2/h4-7,13-14H,1-3H3. The van der Waals surface area contributed by atoms with Crippen LogP contribution in [0.25, 0.3) is 11.1 Å². The van der Waals surface area contributed by atoms with Gasteiger partial charge in [0.2, 0.25) is 0 Å². The van der Waals surface area contributed by atoms with E-state index in [1.807, 2.05) is 38.2 Å². The van der Waals surface area contributed by atoms with E-state index in [0.29, 0.717) is 0 Å². The summed E-state index contributed by atoms with van der Waals surface area (Å²) in [6.45, 7) is 1.91. The van der Waals surface area contributed by atoms with Gasteiger partial charge in [0, 0.05) is 25.5 Å². The van der Waals surface area contributed by atoms with E-state index in [-0.39, 0.29) is 5.56 Å². The average molecular weight is 217 g/mol. The lowest BCUT2D eigenvalue weighted by Gasteiger charge is -2.02. The van der Waals surface area contributed by atoms with Gasteiger partial charge in [-0.1, -0.05) is 12.1 Å². The Morgan fingerprint density at radius 3 is 2.69 bits per heavy atom. The van der Waals surface area contributed by atoms with Crippen LogP contribution in [-0.2, 0) is 7.05 Å². The predicted octanol–water partition coefficient (Wildman–Crippen LogP) is 1.73. The number of hydrogen-bond donors (Lipinski definition) is 2. The van der Waals surface area contributed by atoms with Crippen molar-refractivity contribution in [3.63, 3.8) is 0 Å². The number of nitrogens with zero attached hydrogens (tertiary/aromatic N) is 1. The van der Waals surface area contributed by atoms with E-state index in [0.717, 1.165) is 22.5 Å². The second-order valence-corrected chi connectivity index (χ2v) is 3.81. The Balaban J connectivity index is 2.62. The molecule has 16 heavy (non-hydrogen) atoms. The molecule has 0 radical (unpaired) electrons. The van der Waals surface area contributed by atoms with Crippen LogP contribution in [-0.4, -0.2) is 16.8 Å². The second-order valence-electron chi connectivity index (χ2n) is 3.81. The third kappa shape index (κ3) is 1.62. The summed E-state index contributed by atoms with van der Waals surface area (Å²) in [4.78, 5) is 11.9. The van der Waals surface area contributed by atoms with Gasteiger partial charge in [0.25, 0.3) is 5.56 Å². The number of H-pyrrole nitrogens is 1. The zero-order valence-corrected chi connectivity index (χ0v) is 9.66. The molecule has 0 aliphatic heterocycles. The minimum absolute atomic E-state index is 0.00533. The second kappa shape index (κ2) is 3.89. The van der Waals surface area contributed by atoms with Crippen LogP contribution in [0.3, 0.4) is 0 Å². The summed E-state index contributed by atoms with van der Waals surface area (Å²) >= 11 is 0. The lowest BCUT2D eigenvalue weighted by molar-refractivity contribution is 0.731. The minimum Gasteiger partial charge on any atom is -0.388 e. The molecule has 2 aromatic rings. The molecule has 0 spiro atoms. The van der Waals surface area contributed by atoms with Crippen molar-refractivity contribution < 1.29 is 0 Å². The maximum Gasteiger partial charge on any atom is 0.274 e. The number of aromatic amines is 1. The Morgan fingerprint density at radius 2 is 2.12 bits per heavy atom. The van der Waals surface area contributed by atoms with Crippen LogP contribution in [0.1, 0.15) is 5.69 Å². The average Bonchev–Trinajstić information content (AvgIpc) is 2.53. The molecule has 0 saturated carbocycles. The zero-order valence-electron chi connectivity index (χ0n) is 9.66. The molecule has 0 aliphatic rings. The van der Waals surface area contributed by atoms with Gasteiger partial charge in [-0.05, 0) is 24.6 Å². The molecular weight excluding hydrogens is 202 g/mol. The first-order chi connectivity index (χ1) is 7.63. The first-order valence-electron chi connectivity index (χ1n) is 5.17. The van der Waals surface area contributed by atoms with Crippen LogP contribution in [0.4, 0.5) is 5.69 Å². The third-order valence-corrected chi connectivity index (χ3v) is 2.67. The molecule has 1 aromatic heterocycles. The van der Waals surface area contributed by atoms with E-state index in [2.05, 4.69) is 10.4 Å². The smallest absolute Gasteiger partial charge is 0.274 e. The zero-order chi connectivity index (χ0) is 11.7. The van der Waals surface area contributed by atoms with Crippen molar-refractivity contribution in [1.29, 1.82) is 0 Å². The molecule has 2 N–H and O–H groups in total. The molecule has 4 nitrogen and oxygen atoms in total. The first kappa shape index (κ1) is 10.5. The maximum atomic E-state index is 11.9. The van der Waals surface area contributed by atoms with Crippen molar-refractivity contribution in [2.75, 3.05) is 12.4 Å². The van der Waals surface area contributed by atoms with Crippen molar-refractivity contribution in [3.05, 3.63) is 40.3 Å². The van der Waals surface area contributed by atoms with Crippen LogP contribution in [0.2, 0.25) is 0 Å². The molecule has 1 heterocycles. The fourth-order valence-electron chi connectivity index (χ4n) is 1.86. The fraction of sp³-hybridized carbons (Fsp3) is 0.250. The van der Waals surface area contributed by atoms with Crippen molar-refractivity contribution >= 4 is 5.69 Å². The summed E-state index contributed by atoms with van der Waals surface area (Å²) in [6.07, 6.45) is 0. The Morgan fingerprint density at radius 1 is 1.38 bits per heavy atom. The van der Waals surface area contributed by atoms with Gasteiger partial charge in [0.15, 0.2) is 0 Å². The number of aryl methyl sites for hydroxylation is 2. The summed E-state index contributed by atoms with van der Waals surface area (Å²) in [5.41, 5.74) is 3.57. The van der Waals surface area contributed by atoms with Gasteiger partial charge >= 0.3 is 0 Å². The van der Waals surface area contributed by atoms with Crippen LogP contribution < -0.4 is 10.9 Å². The molecule has 0 amide bonds. The van der Waals surface area contributed by atoms with Gasteiger partial charge in [-0.3, -0.25) is 14.6 Å². The van der Waals surface area contributed by atoms with Crippen LogP contribution in [0, 0.1) is 6.92 Å². The highest BCUT2D eigenvalue weighted by atomic mass is 16.1. The highest BCUT2D eigenvalue weighted by Gasteiger charge is 2.11. The first-order valence-corrected chi connectivity index (χ1v) is 5.17. The van der Waals surface area contributed by atoms with Crippen LogP contribution in [0.5, 0.6) is 0 Å². The Labute approximate surface area is 93.9 Å². The fourth-order valence-corrected chi connectivity index (χ4v) is 1.86. The SMILES string of the molecule is CNc1cccc(-c2c(C)[nH]n(C)c2=O)c1. The number of aromatic nitrogens is 2. The molecule has 0 aliphatic carbocycles. The molecule has 2 rings (SSSR count). The lowest BCUT2D eigenvalue weighted by atomic mass is 10.1. The summed E-state index contributed by atoms with van der Waals surface area (Å²) in [7, 11) is 3.59. The normalized spacial score (nSPS) is 10.4. The van der Waals surface area contributed by atoms with E-state index in [9.17, 15) is 4.79 Å².